The van der Waals surface area contributed by atoms with Gasteiger partial charge in [-0.15, -0.1) is 0 Å². The maximum atomic E-state index is 12.4. The highest BCUT2D eigenvalue weighted by molar-refractivity contribution is 5.94. The third-order valence-electron chi connectivity index (χ3n) is 4.01. The standard InChI is InChI=1S/C16H18N2O3/c1-20-10-14-8-18(16(19)13-4-7-21-11-13)9-15(14)12-2-5-17-6-3-12/h2-7,11,14-15H,8-10H2,1H3/t14-,15-/m0/s1. The molecule has 0 radical (unpaired) electrons. The van der Waals surface area contributed by atoms with Gasteiger partial charge in [0.05, 0.1) is 18.4 Å². The molecule has 1 fully saturated rings. The lowest BCUT2D eigenvalue weighted by molar-refractivity contribution is 0.0774. The molecule has 0 N–H and O–H groups in total. The number of pyridine rings is 1. The lowest BCUT2D eigenvalue weighted by Crippen LogP contribution is -2.29. The molecular weight excluding hydrogens is 268 g/mol. The van der Waals surface area contributed by atoms with Gasteiger partial charge in [0.2, 0.25) is 0 Å². The molecule has 0 saturated carbocycles. The van der Waals surface area contributed by atoms with Gasteiger partial charge in [-0.1, -0.05) is 0 Å². The summed E-state index contributed by atoms with van der Waals surface area (Å²) in [6, 6.07) is 5.73. The van der Waals surface area contributed by atoms with Crippen molar-refractivity contribution in [2.75, 3.05) is 26.8 Å². The van der Waals surface area contributed by atoms with Crippen LogP contribution in [-0.4, -0.2) is 42.6 Å². The average Bonchev–Trinajstić information content (AvgIpc) is 3.18. The predicted molar refractivity (Wildman–Crippen MR) is 77.0 cm³/mol. The van der Waals surface area contributed by atoms with Gasteiger partial charge in [-0.05, 0) is 23.8 Å². The summed E-state index contributed by atoms with van der Waals surface area (Å²) in [7, 11) is 1.70. The van der Waals surface area contributed by atoms with Crippen molar-refractivity contribution in [2.24, 2.45) is 5.92 Å². The Morgan fingerprint density at radius 1 is 1.38 bits per heavy atom. The molecule has 110 valence electrons. The maximum absolute atomic E-state index is 12.4. The minimum Gasteiger partial charge on any atom is -0.472 e. The summed E-state index contributed by atoms with van der Waals surface area (Å²) < 4.78 is 10.3. The molecule has 2 atom stereocenters. The molecule has 2 aromatic heterocycles. The molecule has 2 aromatic rings. The van der Waals surface area contributed by atoms with E-state index in [-0.39, 0.29) is 11.8 Å². The number of rotatable bonds is 4. The number of likely N-dealkylation sites (tertiary alicyclic amines) is 1. The van der Waals surface area contributed by atoms with Crippen molar-refractivity contribution in [3.8, 4) is 0 Å². The fraction of sp³-hybridized carbons (Fsp3) is 0.375. The minimum absolute atomic E-state index is 0.0152. The van der Waals surface area contributed by atoms with E-state index < -0.39 is 0 Å². The molecule has 5 nitrogen and oxygen atoms in total. The Bertz CT molecular complexity index is 583. The first-order chi connectivity index (χ1) is 10.3. The zero-order valence-corrected chi connectivity index (χ0v) is 11.9. The SMILES string of the molecule is COC[C@@H]1CN(C(=O)c2ccoc2)C[C@H]1c1ccncc1. The number of carbonyl (C=O) groups excluding carboxylic acids is 1. The van der Waals surface area contributed by atoms with Crippen LogP contribution in [0.1, 0.15) is 21.8 Å². The Hall–Kier alpha value is -2.14. The fourth-order valence-corrected chi connectivity index (χ4v) is 2.98. The van der Waals surface area contributed by atoms with Crippen molar-refractivity contribution >= 4 is 5.91 Å². The van der Waals surface area contributed by atoms with Gasteiger partial charge >= 0.3 is 0 Å². The Morgan fingerprint density at radius 2 is 2.19 bits per heavy atom. The number of aromatic nitrogens is 1. The van der Waals surface area contributed by atoms with Crippen LogP contribution in [0.15, 0.2) is 47.5 Å². The van der Waals surface area contributed by atoms with Gasteiger partial charge in [-0.2, -0.15) is 0 Å². The molecule has 3 rings (SSSR count). The monoisotopic (exact) mass is 286 g/mol. The van der Waals surface area contributed by atoms with Gasteiger partial charge in [0, 0.05) is 44.4 Å². The molecule has 0 aliphatic carbocycles. The molecule has 0 aromatic carbocycles. The van der Waals surface area contributed by atoms with E-state index in [1.54, 1.807) is 25.6 Å². The molecular formula is C16H18N2O3. The molecule has 0 bridgehead atoms. The summed E-state index contributed by atoms with van der Waals surface area (Å²) in [4.78, 5) is 18.4. The van der Waals surface area contributed by atoms with Gasteiger partial charge in [-0.25, -0.2) is 0 Å². The average molecular weight is 286 g/mol. The molecule has 21 heavy (non-hydrogen) atoms. The van der Waals surface area contributed by atoms with Crippen LogP contribution in [-0.2, 0) is 4.74 Å². The molecule has 1 amide bonds. The number of nitrogens with zero attached hydrogens (tertiary/aromatic N) is 2. The Labute approximate surface area is 123 Å². The first-order valence-electron chi connectivity index (χ1n) is 7.00. The van der Waals surface area contributed by atoms with Crippen LogP contribution in [0.3, 0.4) is 0 Å². The van der Waals surface area contributed by atoms with E-state index in [2.05, 4.69) is 4.98 Å². The normalized spacial score (nSPS) is 21.7. The van der Waals surface area contributed by atoms with Gasteiger partial charge in [0.15, 0.2) is 0 Å². The molecule has 1 aliphatic heterocycles. The number of hydrogen-bond acceptors (Lipinski definition) is 4. The summed E-state index contributed by atoms with van der Waals surface area (Å²) >= 11 is 0. The second kappa shape index (κ2) is 6.10. The number of ether oxygens (including phenoxy) is 1. The van der Waals surface area contributed by atoms with E-state index in [1.807, 2.05) is 17.0 Å². The van der Waals surface area contributed by atoms with Crippen molar-refractivity contribution < 1.29 is 13.9 Å². The Kier molecular flexibility index (Phi) is 4.01. The quantitative estimate of drug-likeness (QED) is 0.864. The smallest absolute Gasteiger partial charge is 0.257 e. The zero-order valence-electron chi connectivity index (χ0n) is 11.9. The van der Waals surface area contributed by atoms with Gasteiger partial charge in [0.1, 0.15) is 6.26 Å². The van der Waals surface area contributed by atoms with E-state index in [4.69, 9.17) is 9.15 Å². The highest BCUT2D eigenvalue weighted by atomic mass is 16.5. The van der Waals surface area contributed by atoms with Crippen LogP contribution in [0.25, 0.3) is 0 Å². The summed E-state index contributed by atoms with van der Waals surface area (Å²) in [6.07, 6.45) is 6.60. The van der Waals surface area contributed by atoms with E-state index in [0.717, 1.165) is 0 Å². The van der Waals surface area contributed by atoms with Gasteiger partial charge in [-0.3, -0.25) is 9.78 Å². The van der Waals surface area contributed by atoms with Gasteiger partial charge in [0.25, 0.3) is 5.91 Å². The number of amides is 1. The molecule has 1 aliphatic rings. The van der Waals surface area contributed by atoms with Crippen LogP contribution in [0, 0.1) is 5.92 Å². The van der Waals surface area contributed by atoms with E-state index in [9.17, 15) is 4.79 Å². The third kappa shape index (κ3) is 2.83. The summed E-state index contributed by atoms with van der Waals surface area (Å²) in [5, 5.41) is 0. The summed E-state index contributed by atoms with van der Waals surface area (Å²) in [5.74, 6) is 0.596. The van der Waals surface area contributed by atoms with E-state index in [0.29, 0.717) is 31.2 Å². The van der Waals surface area contributed by atoms with Gasteiger partial charge < -0.3 is 14.1 Å². The number of methoxy groups -OCH3 is 1. The molecule has 0 spiro atoms. The molecule has 1 saturated heterocycles. The Balaban J connectivity index is 1.79. The third-order valence-corrected chi connectivity index (χ3v) is 4.01. The largest absolute Gasteiger partial charge is 0.472 e. The minimum atomic E-state index is 0.0152. The van der Waals surface area contributed by atoms with Crippen molar-refractivity contribution in [2.45, 2.75) is 5.92 Å². The van der Waals surface area contributed by atoms with Crippen LogP contribution >= 0.6 is 0 Å². The van der Waals surface area contributed by atoms with Crippen LogP contribution in [0.5, 0.6) is 0 Å². The van der Waals surface area contributed by atoms with E-state index in [1.165, 1.54) is 18.1 Å². The van der Waals surface area contributed by atoms with Crippen molar-refractivity contribution in [1.82, 2.24) is 9.88 Å². The van der Waals surface area contributed by atoms with Crippen molar-refractivity contribution in [3.63, 3.8) is 0 Å². The molecule has 3 heterocycles. The maximum Gasteiger partial charge on any atom is 0.257 e. The number of furan rings is 1. The van der Waals surface area contributed by atoms with Crippen molar-refractivity contribution in [3.05, 3.63) is 54.2 Å². The predicted octanol–water partition coefficient (Wildman–Crippen LogP) is 2.18. The highest BCUT2D eigenvalue weighted by Gasteiger charge is 2.36. The summed E-state index contributed by atoms with van der Waals surface area (Å²) in [6.45, 7) is 2.04. The lowest BCUT2D eigenvalue weighted by atomic mass is 9.90. The molecule has 5 heteroatoms. The lowest BCUT2D eigenvalue weighted by Gasteiger charge is -2.17. The second-order valence-corrected chi connectivity index (χ2v) is 5.32. The number of carbonyl (C=O) groups is 1. The zero-order chi connectivity index (χ0) is 14.7. The van der Waals surface area contributed by atoms with Crippen LogP contribution in [0.4, 0.5) is 0 Å². The van der Waals surface area contributed by atoms with Crippen molar-refractivity contribution in [1.29, 1.82) is 0 Å². The summed E-state index contributed by atoms with van der Waals surface area (Å²) in [5.41, 5.74) is 1.80. The highest BCUT2D eigenvalue weighted by Crippen LogP contribution is 2.33. The Morgan fingerprint density at radius 3 is 2.86 bits per heavy atom. The molecule has 0 unspecified atom stereocenters. The number of hydrogen-bond donors (Lipinski definition) is 0. The van der Waals surface area contributed by atoms with Crippen LogP contribution in [0.2, 0.25) is 0 Å². The second-order valence-electron chi connectivity index (χ2n) is 5.32. The fourth-order valence-electron chi connectivity index (χ4n) is 2.98. The first-order valence-corrected chi connectivity index (χ1v) is 7.00. The van der Waals surface area contributed by atoms with Crippen LogP contribution < -0.4 is 0 Å². The topological polar surface area (TPSA) is 55.6 Å². The van der Waals surface area contributed by atoms with E-state index >= 15 is 0 Å². The first kappa shape index (κ1) is 13.8.